The summed E-state index contributed by atoms with van der Waals surface area (Å²) in [6, 6.07) is 12.7. The predicted molar refractivity (Wildman–Crippen MR) is 89.1 cm³/mol. The summed E-state index contributed by atoms with van der Waals surface area (Å²) in [4.78, 5) is 25.6. The number of amides is 2. The van der Waals surface area contributed by atoms with Crippen LogP contribution in [0.15, 0.2) is 42.5 Å². The van der Waals surface area contributed by atoms with E-state index in [1.807, 2.05) is 25.1 Å². The van der Waals surface area contributed by atoms with Gasteiger partial charge >= 0.3 is 0 Å². The Morgan fingerprint density at radius 1 is 1.17 bits per heavy atom. The summed E-state index contributed by atoms with van der Waals surface area (Å²) in [6.45, 7) is 4.46. The highest BCUT2D eigenvalue weighted by molar-refractivity contribution is 6.04. The van der Waals surface area contributed by atoms with Crippen LogP contribution in [0.1, 0.15) is 22.8 Å². The van der Waals surface area contributed by atoms with Crippen molar-refractivity contribution in [2.75, 3.05) is 23.4 Å². The minimum atomic E-state index is -0.173. The maximum absolute atomic E-state index is 12.3. The SMILES string of the molecule is CC(=O)N1CCOc2cc(NC(=O)c3cccc(C)c3)ccc21. The van der Waals surface area contributed by atoms with Gasteiger partial charge in [-0.15, -0.1) is 0 Å². The minimum Gasteiger partial charge on any atom is -0.489 e. The molecule has 0 aliphatic carbocycles. The van der Waals surface area contributed by atoms with Gasteiger partial charge in [0.05, 0.1) is 12.2 Å². The van der Waals surface area contributed by atoms with Crippen LogP contribution in [0.25, 0.3) is 0 Å². The molecule has 1 aliphatic heterocycles. The average Bonchev–Trinajstić information content (AvgIpc) is 2.54. The number of aryl methyl sites for hydroxylation is 1. The molecule has 0 bridgehead atoms. The van der Waals surface area contributed by atoms with Crippen molar-refractivity contribution in [2.45, 2.75) is 13.8 Å². The van der Waals surface area contributed by atoms with E-state index in [2.05, 4.69) is 5.32 Å². The number of nitrogens with one attached hydrogen (secondary N) is 1. The topological polar surface area (TPSA) is 58.6 Å². The molecular weight excluding hydrogens is 292 g/mol. The van der Waals surface area contributed by atoms with E-state index in [0.29, 0.717) is 30.2 Å². The fraction of sp³-hybridized carbons (Fsp3) is 0.222. The Hall–Kier alpha value is -2.82. The molecule has 1 N–H and O–H groups in total. The van der Waals surface area contributed by atoms with Crippen molar-refractivity contribution in [2.24, 2.45) is 0 Å². The molecule has 0 atom stereocenters. The van der Waals surface area contributed by atoms with Crippen LogP contribution in [-0.2, 0) is 4.79 Å². The number of ether oxygens (including phenoxy) is 1. The highest BCUT2D eigenvalue weighted by atomic mass is 16.5. The molecule has 2 aromatic carbocycles. The van der Waals surface area contributed by atoms with Crippen molar-refractivity contribution in [1.82, 2.24) is 0 Å². The second kappa shape index (κ2) is 6.12. The molecule has 3 rings (SSSR count). The lowest BCUT2D eigenvalue weighted by Crippen LogP contribution is -2.36. The Morgan fingerprint density at radius 2 is 2.00 bits per heavy atom. The lowest BCUT2D eigenvalue weighted by atomic mass is 10.1. The van der Waals surface area contributed by atoms with Gasteiger partial charge in [-0.3, -0.25) is 9.59 Å². The number of benzene rings is 2. The Bertz CT molecular complexity index is 771. The Balaban J connectivity index is 1.82. The normalized spacial score (nSPS) is 13.0. The molecule has 118 valence electrons. The van der Waals surface area contributed by atoms with E-state index in [9.17, 15) is 9.59 Å². The zero-order valence-corrected chi connectivity index (χ0v) is 13.1. The molecule has 1 aliphatic rings. The number of carbonyl (C=O) groups excluding carboxylic acids is 2. The third-order valence-corrected chi connectivity index (χ3v) is 3.74. The van der Waals surface area contributed by atoms with Gasteiger partial charge < -0.3 is 15.0 Å². The highest BCUT2D eigenvalue weighted by Gasteiger charge is 2.21. The number of fused-ring (bicyclic) bond motifs is 1. The molecule has 0 saturated carbocycles. The zero-order valence-electron chi connectivity index (χ0n) is 13.1. The molecule has 5 nitrogen and oxygen atoms in total. The summed E-state index contributed by atoms with van der Waals surface area (Å²) in [5, 5.41) is 2.86. The Labute approximate surface area is 134 Å². The third kappa shape index (κ3) is 3.18. The van der Waals surface area contributed by atoms with E-state index >= 15 is 0 Å². The average molecular weight is 310 g/mol. The Kier molecular flexibility index (Phi) is 4.02. The molecule has 1 heterocycles. The van der Waals surface area contributed by atoms with E-state index in [1.54, 1.807) is 29.2 Å². The molecule has 0 aromatic heterocycles. The van der Waals surface area contributed by atoms with E-state index in [1.165, 1.54) is 6.92 Å². The number of hydrogen-bond acceptors (Lipinski definition) is 3. The maximum Gasteiger partial charge on any atom is 0.255 e. The van der Waals surface area contributed by atoms with Gasteiger partial charge in [0.2, 0.25) is 5.91 Å². The highest BCUT2D eigenvalue weighted by Crippen LogP contribution is 2.34. The van der Waals surface area contributed by atoms with Crippen LogP contribution in [0.4, 0.5) is 11.4 Å². The van der Waals surface area contributed by atoms with E-state index < -0.39 is 0 Å². The van der Waals surface area contributed by atoms with Gasteiger partial charge in [-0.05, 0) is 31.2 Å². The summed E-state index contributed by atoms with van der Waals surface area (Å²) >= 11 is 0. The number of nitrogens with zero attached hydrogens (tertiary/aromatic N) is 1. The molecule has 0 unspecified atom stereocenters. The summed E-state index contributed by atoms with van der Waals surface area (Å²) < 4.78 is 5.61. The van der Waals surface area contributed by atoms with Gasteiger partial charge in [-0.2, -0.15) is 0 Å². The summed E-state index contributed by atoms with van der Waals surface area (Å²) in [6.07, 6.45) is 0. The van der Waals surface area contributed by atoms with Crippen molar-refractivity contribution < 1.29 is 14.3 Å². The van der Waals surface area contributed by atoms with E-state index in [0.717, 1.165) is 11.3 Å². The van der Waals surface area contributed by atoms with Crippen LogP contribution in [0.2, 0.25) is 0 Å². The third-order valence-electron chi connectivity index (χ3n) is 3.74. The first-order chi connectivity index (χ1) is 11.0. The van der Waals surface area contributed by atoms with Crippen molar-refractivity contribution in [3.8, 4) is 5.75 Å². The lowest BCUT2D eigenvalue weighted by Gasteiger charge is -2.29. The molecule has 2 amide bonds. The van der Waals surface area contributed by atoms with Crippen LogP contribution >= 0.6 is 0 Å². The summed E-state index contributed by atoms with van der Waals surface area (Å²) in [5.41, 5.74) is 3.01. The van der Waals surface area contributed by atoms with Crippen LogP contribution in [0.5, 0.6) is 5.75 Å². The van der Waals surface area contributed by atoms with Crippen molar-refractivity contribution in [3.05, 3.63) is 53.6 Å². The van der Waals surface area contributed by atoms with Crippen LogP contribution in [0.3, 0.4) is 0 Å². The summed E-state index contributed by atoms with van der Waals surface area (Å²) in [5.74, 6) is 0.410. The molecule has 0 fully saturated rings. The predicted octanol–water partition coefficient (Wildman–Crippen LogP) is 2.99. The number of rotatable bonds is 2. The van der Waals surface area contributed by atoms with E-state index in [-0.39, 0.29) is 11.8 Å². The van der Waals surface area contributed by atoms with Crippen LogP contribution < -0.4 is 15.0 Å². The molecule has 0 saturated heterocycles. The monoisotopic (exact) mass is 310 g/mol. The smallest absolute Gasteiger partial charge is 0.255 e. The second-order valence-electron chi connectivity index (χ2n) is 5.53. The molecule has 5 heteroatoms. The Morgan fingerprint density at radius 3 is 2.74 bits per heavy atom. The lowest BCUT2D eigenvalue weighted by molar-refractivity contribution is -0.116. The van der Waals surface area contributed by atoms with Gasteiger partial charge in [-0.25, -0.2) is 0 Å². The first-order valence-corrected chi connectivity index (χ1v) is 7.47. The molecule has 0 radical (unpaired) electrons. The van der Waals surface area contributed by atoms with E-state index in [4.69, 9.17) is 4.74 Å². The zero-order chi connectivity index (χ0) is 16.4. The molecule has 23 heavy (non-hydrogen) atoms. The quantitative estimate of drug-likeness (QED) is 0.927. The van der Waals surface area contributed by atoms with Crippen LogP contribution in [-0.4, -0.2) is 25.0 Å². The standard InChI is InChI=1S/C18H18N2O3/c1-12-4-3-5-14(10-12)18(22)19-15-6-7-16-17(11-15)23-9-8-20(16)13(2)21/h3-7,10-11H,8-9H2,1-2H3,(H,19,22). The van der Waals surface area contributed by atoms with Crippen LogP contribution in [0, 0.1) is 6.92 Å². The first kappa shape index (κ1) is 15.1. The van der Waals surface area contributed by atoms with Crippen molar-refractivity contribution in [3.63, 3.8) is 0 Å². The second-order valence-corrected chi connectivity index (χ2v) is 5.53. The minimum absolute atomic E-state index is 0.0221. The number of carbonyl (C=O) groups is 2. The maximum atomic E-state index is 12.3. The summed E-state index contributed by atoms with van der Waals surface area (Å²) in [7, 11) is 0. The molecule has 0 spiro atoms. The van der Waals surface area contributed by atoms with Gasteiger partial charge in [-0.1, -0.05) is 17.7 Å². The van der Waals surface area contributed by atoms with Gasteiger partial charge in [0.25, 0.3) is 5.91 Å². The molecular formula is C18H18N2O3. The largest absolute Gasteiger partial charge is 0.489 e. The first-order valence-electron chi connectivity index (χ1n) is 7.47. The molecule has 2 aromatic rings. The van der Waals surface area contributed by atoms with Gasteiger partial charge in [0, 0.05) is 24.2 Å². The van der Waals surface area contributed by atoms with Gasteiger partial charge in [0.15, 0.2) is 0 Å². The van der Waals surface area contributed by atoms with Crippen molar-refractivity contribution in [1.29, 1.82) is 0 Å². The fourth-order valence-corrected chi connectivity index (χ4v) is 2.61. The van der Waals surface area contributed by atoms with Crippen molar-refractivity contribution >= 4 is 23.2 Å². The number of anilines is 2. The number of hydrogen-bond donors (Lipinski definition) is 1. The van der Waals surface area contributed by atoms with Gasteiger partial charge in [0.1, 0.15) is 12.4 Å². The fourth-order valence-electron chi connectivity index (χ4n) is 2.61.